The second-order valence-electron chi connectivity index (χ2n) is 4.38. The van der Waals surface area contributed by atoms with Crippen LogP contribution in [0.15, 0.2) is 18.2 Å². The smallest absolute Gasteiger partial charge is 0.125 e. The predicted molar refractivity (Wildman–Crippen MR) is 66.7 cm³/mol. The zero-order valence-electron chi connectivity index (χ0n) is 9.95. The number of hydrogen-bond acceptors (Lipinski definition) is 4. The number of anilines is 1. The van der Waals surface area contributed by atoms with Gasteiger partial charge in [-0.2, -0.15) is 0 Å². The second kappa shape index (κ2) is 4.94. The Kier molecular flexibility index (Phi) is 3.16. The summed E-state index contributed by atoms with van der Waals surface area (Å²) >= 11 is 0. The minimum absolute atomic E-state index is 0.750. The maximum Gasteiger partial charge on any atom is 0.125 e. The lowest BCUT2D eigenvalue weighted by molar-refractivity contribution is 0.122. The van der Waals surface area contributed by atoms with Gasteiger partial charge in [0, 0.05) is 37.4 Å². The van der Waals surface area contributed by atoms with E-state index in [4.69, 9.17) is 9.47 Å². The minimum Gasteiger partial charge on any atom is -0.492 e. The van der Waals surface area contributed by atoms with E-state index in [0.717, 1.165) is 51.7 Å². The number of fused-ring (bicyclic) bond motifs is 1. The Morgan fingerprint density at radius 3 is 2.88 bits per heavy atom. The quantitative estimate of drug-likeness (QED) is 0.786. The lowest BCUT2D eigenvalue weighted by Gasteiger charge is -2.31. The van der Waals surface area contributed by atoms with Gasteiger partial charge < -0.3 is 19.7 Å². The first kappa shape index (κ1) is 10.9. The van der Waals surface area contributed by atoms with E-state index in [1.165, 1.54) is 11.3 Å². The van der Waals surface area contributed by atoms with Crippen molar-refractivity contribution in [2.75, 3.05) is 44.4 Å². The van der Waals surface area contributed by atoms with Crippen LogP contribution in [0.4, 0.5) is 5.69 Å². The molecule has 0 spiro atoms. The molecule has 4 nitrogen and oxygen atoms in total. The number of hydrogen-bond donors (Lipinski definition) is 1. The van der Waals surface area contributed by atoms with Crippen molar-refractivity contribution in [2.24, 2.45) is 0 Å². The Hall–Kier alpha value is -1.26. The van der Waals surface area contributed by atoms with Gasteiger partial charge in [-0.05, 0) is 12.1 Å². The van der Waals surface area contributed by atoms with E-state index in [1.807, 2.05) is 0 Å². The van der Waals surface area contributed by atoms with Crippen LogP contribution in [0.3, 0.4) is 0 Å². The van der Waals surface area contributed by atoms with Crippen molar-refractivity contribution >= 4 is 5.69 Å². The highest BCUT2D eigenvalue weighted by Gasteiger charge is 2.18. The first-order chi connectivity index (χ1) is 8.45. The van der Waals surface area contributed by atoms with E-state index < -0.39 is 0 Å². The molecule has 0 aromatic heterocycles. The fourth-order valence-corrected chi connectivity index (χ4v) is 2.41. The molecule has 1 N–H and O–H groups in total. The van der Waals surface area contributed by atoms with Crippen LogP contribution < -0.4 is 15.0 Å². The lowest BCUT2D eigenvalue weighted by atomic mass is 10.1. The average Bonchev–Trinajstić information content (AvgIpc) is 2.64. The van der Waals surface area contributed by atoms with Crippen molar-refractivity contribution in [3.63, 3.8) is 0 Å². The van der Waals surface area contributed by atoms with Crippen molar-refractivity contribution in [1.29, 1.82) is 0 Å². The molecule has 17 heavy (non-hydrogen) atoms. The van der Waals surface area contributed by atoms with Gasteiger partial charge in [0.15, 0.2) is 0 Å². The van der Waals surface area contributed by atoms with Gasteiger partial charge in [-0.15, -0.1) is 0 Å². The third-order valence-corrected chi connectivity index (χ3v) is 3.30. The molecular formula is C13H18N2O2. The molecule has 1 fully saturated rings. The van der Waals surface area contributed by atoms with Gasteiger partial charge in [-0.1, -0.05) is 6.07 Å². The largest absolute Gasteiger partial charge is 0.492 e. The number of nitrogens with one attached hydrogen (secondary N) is 1. The summed E-state index contributed by atoms with van der Waals surface area (Å²) in [5, 5.41) is 3.40. The topological polar surface area (TPSA) is 33.7 Å². The zero-order valence-corrected chi connectivity index (χ0v) is 9.95. The number of ether oxygens (including phenoxy) is 2. The maximum atomic E-state index is 5.76. The number of benzene rings is 1. The predicted octanol–water partition coefficient (Wildman–Crippen LogP) is 1.01. The van der Waals surface area contributed by atoms with Crippen molar-refractivity contribution in [1.82, 2.24) is 5.32 Å². The number of nitrogens with zero attached hydrogens (tertiary/aromatic N) is 1. The highest BCUT2D eigenvalue weighted by Crippen LogP contribution is 2.30. The molecule has 0 radical (unpaired) electrons. The van der Waals surface area contributed by atoms with E-state index in [0.29, 0.717) is 0 Å². The van der Waals surface area contributed by atoms with Crippen molar-refractivity contribution in [3.8, 4) is 5.75 Å². The van der Waals surface area contributed by atoms with Crippen LogP contribution in [-0.4, -0.2) is 39.5 Å². The lowest BCUT2D eigenvalue weighted by Crippen LogP contribution is -2.37. The summed E-state index contributed by atoms with van der Waals surface area (Å²) in [6.45, 7) is 6.13. The van der Waals surface area contributed by atoms with Crippen LogP contribution in [0.5, 0.6) is 5.75 Å². The standard InChI is InChI=1S/C13H18N2O2/c1-2-12(15-5-8-16-9-6-15)11-10-14-4-7-17-13(11)3-1/h1-3,14H,4-10H2. The molecule has 0 bridgehead atoms. The molecule has 1 saturated heterocycles. The fraction of sp³-hybridized carbons (Fsp3) is 0.538. The van der Waals surface area contributed by atoms with Crippen molar-refractivity contribution < 1.29 is 9.47 Å². The Morgan fingerprint density at radius 2 is 2.00 bits per heavy atom. The molecule has 0 atom stereocenters. The van der Waals surface area contributed by atoms with Crippen molar-refractivity contribution in [3.05, 3.63) is 23.8 Å². The Morgan fingerprint density at radius 1 is 1.12 bits per heavy atom. The average molecular weight is 234 g/mol. The molecule has 4 heteroatoms. The molecule has 0 saturated carbocycles. The summed E-state index contributed by atoms with van der Waals surface area (Å²) in [5.74, 6) is 1.03. The highest BCUT2D eigenvalue weighted by molar-refractivity contribution is 5.59. The Balaban J connectivity index is 1.92. The minimum atomic E-state index is 0.750. The van der Waals surface area contributed by atoms with Crippen molar-refractivity contribution in [2.45, 2.75) is 6.54 Å². The van der Waals surface area contributed by atoms with Crippen LogP contribution in [0.25, 0.3) is 0 Å². The number of morpholine rings is 1. The van der Waals surface area contributed by atoms with Crippen LogP contribution in [0, 0.1) is 0 Å². The molecule has 2 heterocycles. The highest BCUT2D eigenvalue weighted by atomic mass is 16.5. The summed E-state index contributed by atoms with van der Waals surface area (Å²) in [4.78, 5) is 2.39. The number of rotatable bonds is 1. The second-order valence-corrected chi connectivity index (χ2v) is 4.38. The summed E-state index contributed by atoms with van der Waals surface area (Å²) in [5.41, 5.74) is 2.58. The fourth-order valence-electron chi connectivity index (χ4n) is 2.41. The molecule has 0 unspecified atom stereocenters. The van der Waals surface area contributed by atoms with Gasteiger partial charge in [0.25, 0.3) is 0 Å². The molecular weight excluding hydrogens is 216 g/mol. The Labute approximate surface area is 102 Å². The SMILES string of the molecule is c1cc2c(c(N3CCOCC3)c1)CNCCO2. The van der Waals surface area contributed by atoms with Gasteiger partial charge in [-0.25, -0.2) is 0 Å². The molecule has 2 aliphatic rings. The van der Waals surface area contributed by atoms with E-state index in [-0.39, 0.29) is 0 Å². The third kappa shape index (κ3) is 2.23. The van der Waals surface area contributed by atoms with Crippen LogP contribution >= 0.6 is 0 Å². The van der Waals surface area contributed by atoms with Crippen LogP contribution in [0.2, 0.25) is 0 Å². The first-order valence-electron chi connectivity index (χ1n) is 6.23. The third-order valence-electron chi connectivity index (χ3n) is 3.30. The summed E-state index contributed by atoms with van der Waals surface area (Å²) in [6.07, 6.45) is 0. The van der Waals surface area contributed by atoms with Gasteiger partial charge in [0.05, 0.1) is 13.2 Å². The summed E-state index contributed by atoms with van der Waals surface area (Å²) in [7, 11) is 0. The van der Waals surface area contributed by atoms with Gasteiger partial charge in [0.1, 0.15) is 12.4 Å². The van der Waals surface area contributed by atoms with Gasteiger partial charge in [-0.3, -0.25) is 0 Å². The molecule has 2 aliphatic heterocycles. The molecule has 1 aromatic carbocycles. The molecule has 3 rings (SSSR count). The van der Waals surface area contributed by atoms with E-state index in [1.54, 1.807) is 0 Å². The molecule has 0 amide bonds. The molecule has 0 aliphatic carbocycles. The zero-order chi connectivity index (χ0) is 11.5. The Bertz CT molecular complexity index is 389. The maximum absolute atomic E-state index is 5.76. The molecule has 1 aromatic rings. The normalized spacial score (nSPS) is 20.4. The van der Waals surface area contributed by atoms with E-state index in [9.17, 15) is 0 Å². The van der Waals surface area contributed by atoms with Crippen LogP contribution in [0.1, 0.15) is 5.56 Å². The monoisotopic (exact) mass is 234 g/mol. The molecule has 92 valence electrons. The summed E-state index contributed by atoms with van der Waals surface area (Å²) in [6, 6.07) is 6.32. The van der Waals surface area contributed by atoms with E-state index in [2.05, 4.69) is 28.4 Å². The van der Waals surface area contributed by atoms with Crippen LogP contribution in [-0.2, 0) is 11.3 Å². The first-order valence-corrected chi connectivity index (χ1v) is 6.23. The van der Waals surface area contributed by atoms with E-state index >= 15 is 0 Å². The van der Waals surface area contributed by atoms with Gasteiger partial charge >= 0.3 is 0 Å². The summed E-state index contributed by atoms with van der Waals surface area (Å²) < 4.78 is 11.2. The van der Waals surface area contributed by atoms with Gasteiger partial charge in [0.2, 0.25) is 0 Å².